The standard InChI is InChI=1S/C18H25N3O2S/c1-19-11-9-18(16-19)24(22,23)21-14-12-20(13-15-21)10-5-8-17-6-3-2-4-7-17/h2-4,6-7,9,11,16H,5,8,10,12-15H2,1H3. The van der Waals surface area contributed by atoms with Gasteiger partial charge in [0, 0.05) is 45.6 Å². The average molecular weight is 347 g/mol. The molecule has 1 aliphatic rings. The smallest absolute Gasteiger partial charge is 0.244 e. The van der Waals surface area contributed by atoms with Crippen LogP contribution < -0.4 is 0 Å². The van der Waals surface area contributed by atoms with Crippen LogP contribution >= 0.6 is 0 Å². The van der Waals surface area contributed by atoms with Gasteiger partial charge < -0.3 is 9.47 Å². The van der Waals surface area contributed by atoms with Gasteiger partial charge in [-0.2, -0.15) is 4.31 Å². The van der Waals surface area contributed by atoms with Crippen molar-refractivity contribution >= 4 is 10.0 Å². The third-order valence-corrected chi connectivity index (χ3v) is 6.44. The number of piperazine rings is 1. The van der Waals surface area contributed by atoms with Gasteiger partial charge >= 0.3 is 0 Å². The van der Waals surface area contributed by atoms with Crippen LogP contribution in [0.1, 0.15) is 12.0 Å². The molecule has 0 unspecified atom stereocenters. The van der Waals surface area contributed by atoms with E-state index in [0.29, 0.717) is 18.0 Å². The molecule has 0 aliphatic carbocycles. The SMILES string of the molecule is Cn1ccc(S(=O)(=O)N2CCN(CCCc3ccccc3)CC2)c1. The second-order valence-corrected chi connectivity index (χ2v) is 8.29. The topological polar surface area (TPSA) is 45.6 Å². The monoisotopic (exact) mass is 347 g/mol. The highest BCUT2D eigenvalue weighted by Gasteiger charge is 2.28. The van der Waals surface area contributed by atoms with Crippen molar-refractivity contribution in [2.45, 2.75) is 17.7 Å². The minimum absolute atomic E-state index is 0.391. The molecule has 24 heavy (non-hydrogen) atoms. The van der Waals surface area contributed by atoms with Crippen molar-refractivity contribution in [1.82, 2.24) is 13.8 Å². The second kappa shape index (κ2) is 7.51. The first-order chi connectivity index (χ1) is 11.6. The van der Waals surface area contributed by atoms with Crippen molar-refractivity contribution in [2.75, 3.05) is 32.7 Å². The number of rotatable bonds is 6. The molecule has 1 aromatic heterocycles. The number of nitrogens with zero attached hydrogens (tertiary/aromatic N) is 3. The summed E-state index contributed by atoms with van der Waals surface area (Å²) >= 11 is 0. The summed E-state index contributed by atoms with van der Waals surface area (Å²) in [5.74, 6) is 0. The lowest BCUT2D eigenvalue weighted by Gasteiger charge is -2.33. The van der Waals surface area contributed by atoms with E-state index < -0.39 is 10.0 Å². The molecule has 0 spiro atoms. The zero-order valence-electron chi connectivity index (χ0n) is 14.1. The van der Waals surface area contributed by atoms with Crippen molar-refractivity contribution in [3.8, 4) is 0 Å². The summed E-state index contributed by atoms with van der Waals surface area (Å²) in [6.45, 7) is 3.78. The van der Waals surface area contributed by atoms with Crippen molar-refractivity contribution < 1.29 is 8.42 Å². The summed E-state index contributed by atoms with van der Waals surface area (Å²) in [6.07, 6.45) is 5.62. The highest BCUT2D eigenvalue weighted by Crippen LogP contribution is 2.18. The number of sulfonamides is 1. The summed E-state index contributed by atoms with van der Waals surface area (Å²) in [7, 11) is -1.51. The van der Waals surface area contributed by atoms with E-state index in [1.807, 2.05) is 13.1 Å². The minimum atomic E-state index is -3.34. The average Bonchev–Trinajstić information content (AvgIpc) is 3.04. The Balaban J connectivity index is 1.47. The third kappa shape index (κ3) is 4.06. The Morgan fingerprint density at radius 1 is 1.00 bits per heavy atom. The normalized spacial score (nSPS) is 17.2. The Hall–Kier alpha value is -1.63. The van der Waals surface area contributed by atoms with Gasteiger partial charge in [0.1, 0.15) is 0 Å². The summed E-state index contributed by atoms with van der Waals surface area (Å²) < 4.78 is 28.6. The van der Waals surface area contributed by atoms with E-state index in [2.05, 4.69) is 29.2 Å². The molecule has 2 aromatic rings. The fourth-order valence-electron chi connectivity index (χ4n) is 3.12. The predicted octanol–water partition coefficient (Wildman–Crippen LogP) is 1.96. The van der Waals surface area contributed by atoms with Gasteiger partial charge in [-0.15, -0.1) is 0 Å². The van der Waals surface area contributed by atoms with E-state index in [-0.39, 0.29) is 0 Å². The van der Waals surface area contributed by atoms with Crippen molar-refractivity contribution in [3.05, 3.63) is 54.4 Å². The maximum atomic E-state index is 12.6. The highest BCUT2D eigenvalue weighted by atomic mass is 32.2. The Kier molecular flexibility index (Phi) is 5.38. The molecule has 6 heteroatoms. The van der Waals surface area contributed by atoms with E-state index in [1.54, 1.807) is 27.3 Å². The molecule has 2 heterocycles. The van der Waals surface area contributed by atoms with E-state index in [9.17, 15) is 8.42 Å². The number of benzene rings is 1. The molecule has 0 amide bonds. The van der Waals surface area contributed by atoms with Crippen LogP contribution in [0.15, 0.2) is 53.7 Å². The van der Waals surface area contributed by atoms with Gasteiger partial charge in [0.2, 0.25) is 10.0 Å². The maximum Gasteiger partial charge on any atom is 0.244 e. The first-order valence-electron chi connectivity index (χ1n) is 8.44. The molecule has 1 aromatic carbocycles. The third-order valence-electron chi connectivity index (χ3n) is 4.56. The van der Waals surface area contributed by atoms with Gasteiger partial charge in [-0.1, -0.05) is 30.3 Å². The van der Waals surface area contributed by atoms with Crippen LogP contribution in [0, 0.1) is 0 Å². The Morgan fingerprint density at radius 2 is 1.71 bits per heavy atom. The van der Waals surface area contributed by atoms with E-state index in [4.69, 9.17) is 0 Å². The molecule has 130 valence electrons. The Bertz CT molecular complexity index is 748. The van der Waals surface area contributed by atoms with Crippen LogP contribution in [0.25, 0.3) is 0 Å². The lowest BCUT2D eigenvalue weighted by atomic mass is 10.1. The summed E-state index contributed by atoms with van der Waals surface area (Å²) in [5.41, 5.74) is 1.36. The molecule has 1 saturated heterocycles. The molecular weight excluding hydrogens is 322 g/mol. The van der Waals surface area contributed by atoms with Gasteiger partial charge in [-0.25, -0.2) is 8.42 Å². The Labute approximate surface area is 144 Å². The van der Waals surface area contributed by atoms with E-state index in [1.165, 1.54) is 5.56 Å². The van der Waals surface area contributed by atoms with E-state index in [0.717, 1.165) is 32.5 Å². The fraction of sp³-hybridized carbons (Fsp3) is 0.444. The molecule has 5 nitrogen and oxygen atoms in total. The van der Waals surface area contributed by atoms with Crippen LogP contribution in [0.3, 0.4) is 0 Å². The second-order valence-electron chi connectivity index (χ2n) is 6.35. The molecule has 0 atom stereocenters. The lowest BCUT2D eigenvalue weighted by Crippen LogP contribution is -2.48. The first kappa shape index (κ1) is 17.2. The molecule has 1 aliphatic heterocycles. The number of hydrogen-bond acceptors (Lipinski definition) is 3. The molecule has 0 radical (unpaired) electrons. The summed E-state index contributed by atoms with van der Waals surface area (Å²) in [5, 5.41) is 0. The first-order valence-corrected chi connectivity index (χ1v) is 9.88. The molecule has 0 bridgehead atoms. The largest absolute Gasteiger partial charge is 0.356 e. The Morgan fingerprint density at radius 3 is 2.33 bits per heavy atom. The fourth-order valence-corrected chi connectivity index (χ4v) is 4.60. The molecule has 0 N–H and O–H groups in total. The van der Waals surface area contributed by atoms with Crippen LogP contribution in [0.2, 0.25) is 0 Å². The van der Waals surface area contributed by atoms with Gasteiger partial charge in [0.25, 0.3) is 0 Å². The van der Waals surface area contributed by atoms with Crippen LogP contribution in [0.4, 0.5) is 0 Å². The zero-order valence-corrected chi connectivity index (χ0v) is 15.0. The van der Waals surface area contributed by atoms with Crippen LogP contribution in [0.5, 0.6) is 0 Å². The maximum absolute atomic E-state index is 12.6. The molecule has 3 rings (SSSR count). The van der Waals surface area contributed by atoms with Crippen LogP contribution in [-0.2, 0) is 23.5 Å². The number of aromatic nitrogens is 1. The number of hydrogen-bond donors (Lipinski definition) is 0. The van der Waals surface area contributed by atoms with Gasteiger partial charge in [-0.05, 0) is 31.0 Å². The quantitative estimate of drug-likeness (QED) is 0.802. The molecule has 1 fully saturated rings. The van der Waals surface area contributed by atoms with E-state index >= 15 is 0 Å². The predicted molar refractivity (Wildman–Crippen MR) is 95.4 cm³/mol. The summed E-state index contributed by atoms with van der Waals surface area (Å²) in [4.78, 5) is 2.75. The summed E-state index contributed by atoms with van der Waals surface area (Å²) in [6, 6.07) is 12.2. The number of aryl methyl sites for hydroxylation is 2. The van der Waals surface area contributed by atoms with Crippen molar-refractivity contribution in [1.29, 1.82) is 0 Å². The minimum Gasteiger partial charge on any atom is -0.356 e. The van der Waals surface area contributed by atoms with Gasteiger partial charge in [0.05, 0.1) is 4.90 Å². The lowest BCUT2D eigenvalue weighted by molar-refractivity contribution is 0.187. The van der Waals surface area contributed by atoms with Crippen molar-refractivity contribution in [2.24, 2.45) is 7.05 Å². The van der Waals surface area contributed by atoms with Gasteiger partial charge in [0.15, 0.2) is 0 Å². The van der Waals surface area contributed by atoms with Gasteiger partial charge in [-0.3, -0.25) is 0 Å². The highest BCUT2D eigenvalue weighted by molar-refractivity contribution is 7.89. The zero-order chi connectivity index (χ0) is 17.0. The van der Waals surface area contributed by atoms with Crippen LogP contribution in [-0.4, -0.2) is 54.9 Å². The molecular formula is C18H25N3O2S. The molecule has 0 saturated carbocycles. The van der Waals surface area contributed by atoms with Crippen molar-refractivity contribution in [3.63, 3.8) is 0 Å².